The molecule has 0 unspecified atom stereocenters. The normalized spacial score (nSPS) is 25.1. The highest BCUT2D eigenvalue weighted by molar-refractivity contribution is 5.72. The van der Waals surface area contributed by atoms with Crippen molar-refractivity contribution in [2.45, 2.75) is 19.4 Å². The fourth-order valence-corrected chi connectivity index (χ4v) is 1.87. The van der Waals surface area contributed by atoms with Gasteiger partial charge in [-0.2, -0.15) is 0 Å². The van der Waals surface area contributed by atoms with Crippen LogP contribution in [-0.2, 0) is 9.53 Å². The lowest BCUT2D eigenvalue weighted by molar-refractivity contribution is -0.141. The zero-order valence-corrected chi connectivity index (χ0v) is 8.90. The summed E-state index contributed by atoms with van der Waals surface area (Å²) in [6, 6.07) is 7.65. The standard InChI is InChI=1S/C12H14O3/c1-8-7-11(13)15-12(8)9-3-5-10(14-2)6-4-9/h3-6,8,12H,7H2,1-2H3/t8-,12-/m1/s1. The maximum atomic E-state index is 11.1. The molecule has 1 heterocycles. The highest BCUT2D eigenvalue weighted by Crippen LogP contribution is 2.35. The smallest absolute Gasteiger partial charge is 0.306 e. The lowest BCUT2D eigenvalue weighted by Gasteiger charge is -2.14. The number of carbonyl (C=O) groups is 1. The van der Waals surface area contributed by atoms with Crippen molar-refractivity contribution in [2.75, 3.05) is 7.11 Å². The van der Waals surface area contributed by atoms with Gasteiger partial charge in [-0.1, -0.05) is 19.1 Å². The summed E-state index contributed by atoms with van der Waals surface area (Å²) >= 11 is 0. The predicted molar refractivity (Wildman–Crippen MR) is 55.6 cm³/mol. The molecule has 0 aromatic heterocycles. The maximum absolute atomic E-state index is 11.1. The number of cyclic esters (lactones) is 1. The van der Waals surface area contributed by atoms with Crippen LogP contribution in [0.1, 0.15) is 25.0 Å². The second kappa shape index (κ2) is 3.93. The van der Waals surface area contributed by atoms with E-state index in [9.17, 15) is 4.79 Å². The Morgan fingerprint density at radius 1 is 1.33 bits per heavy atom. The van der Waals surface area contributed by atoms with Crippen LogP contribution in [0.2, 0.25) is 0 Å². The van der Waals surface area contributed by atoms with Gasteiger partial charge in [0.25, 0.3) is 0 Å². The molecule has 1 aromatic rings. The fourth-order valence-electron chi connectivity index (χ4n) is 1.87. The van der Waals surface area contributed by atoms with Gasteiger partial charge < -0.3 is 9.47 Å². The van der Waals surface area contributed by atoms with E-state index in [1.54, 1.807) is 7.11 Å². The maximum Gasteiger partial charge on any atom is 0.306 e. The minimum atomic E-state index is -0.108. The molecule has 80 valence electrons. The van der Waals surface area contributed by atoms with Gasteiger partial charge in [0.05, 0.1) is 13.5 Å². The van der Waals surface area contributed by atoms with Crippen molar-refractivity contribution in [3.63, 3.8) is 0 Å². The van der Waals surface area contributed by atoms with E-state index in [0.29, 0.717) is 6.42 Å². The summed E-state index contributed by atoms with van der Waals surface area (Å²) in [6.45, 7) is 2.03. The number of hydrogen-bond acceptors (Lipinski definition) is 3. The molecule has 1 aliphatic rings. The number of benzene rings is 1. The quantitative estimate of drug-likeness (QED) is 0.696. The number of rotatable bonds is 2. The van der Waals surface area contributed by atoms with Crippen molar-refractivity contribution in [1.29, 1.82) is 0 Å². The Balaban J connectivity index is 2.19. The average Bonchev–Trinajstić information content (AvgIpc) is 2.58. The van der Waals surface area contributed by atoms with Gasteiger partial charge in [-0.15, -0.1) is 0 Å². The average molecular weight is 206 g/mol. The van der Waals surface area contributed by atoms with Crippen LogP contribution in [0.15, 0.2) is 24.3 Å². The van der Waals surface area contributed by atoms with Crippen LogP contribution in [0.5, 0.6) is 5.75 Å². The van der Waals surface area contributed by atoms with Crippen LogP contribution in [0, 0.1) is 5.92 Å². The van der Waals surface area contributed by atoms with E-state index in [4.69, 9.17) is 9.47 Å². The number of hydrogen-bond donors (Lipinski definition) is 0. The van der Waals surface area contributed by atoms with E-state index < -0.39 is 0 Å². The molecule has 0 bridgehead atoms. The summed E-state index contributed by atoms with van der Waals surface area (Å²) in [7, 11) is 1.63. The van der Waals surface area contributed by atoms with Crippen molar-refractivity contribution in [1.82, 2.24) is 0 Å². The van der Waals surface area contributed by atoms with Gasteiger partial charge in [0.1, 0.15) is 11.9 Å². The van der Waals surface area contributed by atoms with Gasteiger partial charge >= 0.3 is 5.97 Å². The van der Waals surface area contributed by atoms with Gasteiger partial charge in [0, 0.05) is 5.92 Å². The molecule has 0 spiro atoms. The summed E-state index contributed by atoms with van der Waals surface area (Å²) < 4.78 is 10.3. The Morgan fingerprint density at radius 2 is 2.00 bits per heavy atom. The predicted octanol–water partition coefficient (Wildman–Crippen LogP) is 2.32. The third-order valence-electron chi connectivity index (χ3n) is 2.71. The van der Waals surface area contributed by atoms with Crippen molar-refractivity contribution >= 4 is 5.97 Å². The van der Waals surface area contributed by atoms with E-state index in [-0.39, 0.29) is 18.0 Å². The first-order chi connectivity index (χ1) is 7.20. The molecule has 0 aliphatic carbocycles. The van der Waals surface area contributed by atoms with Crippen molar-refractivity contribution in [3.8, 4) is 5.75 Å². The molecule has 0 amide bonds. The highest BCUT2D eigenvalue weighted by atomic mass is 16.5. The van der Waals surface area contributed by atoms with E-state index in [2.05, 4.69) is 0 Å². The van der Waals surface area contributed by atoms with E-state index >= 15 is 0 Å². The zero-order chi connectivity index (χ0) is 10.8. The second-order valence-corrected chi connectivity index (χ2v) is 3.87. The molecule has 2 atom stereocenters. The van der Waals surface area contributed by atoms with Gasteiger partial charge in [-0.3, -0.25) is 4.79 Å². The largest absolute Gasteiger partial charge is 0.497 e. The van der Waals surface area contributed by atoms with Crippen LogP contribution >= 0.6 is 0 Å². The molecular formula is C12H14O3. The molecule has 15 heavy (non-hydrogen) atoms. The van der Waals surface area contributed by atoms with Crippen molar-refractivity contribution in [2.24, 2.45) is 5.92 Å². The van der Waals surface area contributed by atoms with E-state index in [1.165, 1.54) is 0 Å². The van der Waals surface area contributed by atoms with Crippen LogP contribution in [-0.4, -0.2) is 13.1 Å². The second-order valence-electron chi connectivity index (χ2n) is 3.87. The summed E-state index contributed by atoms with van der Waals surface area (Å²) in [4.78, 5) is 11.1. The Labute approximate surface area is 89.0 Å². The topological polar surface area (TPSA) is 35.5 Å². The number of esters is 1. The molecule has 1 aromatic carbocycles. The van der Waals surface area contributed by atoms with Crippen LogP contribution < -0.4 is 4.74 Å². The molecule has 0 N–H and O–H groups in total. The summed E-state index contributed by atoms with van der Waals surface area (Å²) in [5.74, 6) is 0.963. The minimum Gasteiger partial charge on any atom is -0.497 e. The minimum absolute atomic E-state index is 0.0941. The van der Waals surface area contributed by atoms with Crippen molar-refractivity contribution in [3.05, 3.63) is 29.8 Å². The molecule has 1 saturated heterocycles. The van der Waals surface area contributed by atoms with Crippen LogP contribution in [0.4, 0.5) is 0 Å². The zero-order valence-electron chi connectivity index (χ0n) is 8.90. The van der Waals surface area contributed by atoms with Crippen LogP contribution in [0.3, 0.4) is 0 Å². The summed E-state index contributed by atoms with van der Waals surface area (Å²) in [5, 5.41) is 0. The Kier molecular flexibility index (Phi) is 2.62. The third-order valence-corrected chi connectivity index (χ3v) is 2.71. The Hall–Kier alpha value is -1.51. The third kappa shape index (κ3) is 1.96. The molecule has 3 heteroatoms. The molecule has 1 aliphatic heterocycles. The lowest BCUT2D eigenvalue weighted by Crippen LogP contribution is -2.03. The monoisotopic (exact) mass is 206 g/mol. The first-order valence-electron chi connectivity index (χ1n) is 5.04. The summed E-state index contributed by atoms with van der Waals surface area (Å²) in [6.07, 6.45) is 0.417. The van der Waals surface area contributed by atoms with Crippen molar-refractivity contribution < 1.29 is 14.3 Å². The van der Waals surface area contributed by atoms with Gasteiger partial charge in [0.2, 0.25) is 0 Å². The van der Waals surface area contributed by atoms with Crippen LogP contribution in [0.25, 0.3) is 0 Å². The Morgan fingerprint density at radius 3 is 2.47 bits per heavy atom. The SMILES string of the molecule is COc1ccc([C@@H]2OC(=O)C[C@H]2C)cc1. The fraction of sp³-hybridized carbons (Fsp3) is 0.417. The lowest BCUT2D eigenvalue weighted by atomic mass is 9.97. The first kappa shape index (κ1) is 10.0. The highest BCUT2D eigenvalue weighted by Gasteiger charge is 2.32. The molecule has 0 radical (unpaired) electrons. The van der Waals surface area contributed by atoms with Gasteiger partial charge in [-0.05, 0) is 17.7 Å². The summed E-state index contributed by atoms with van der Waals surface area (Å²) in [5.41, 5.74) is 1.04. The number of methoxy groups -OCH3 is 1. The first-order valence-corrected chi connectivity index (χ1v) is 5.04. The van der Waals surface area contributed by atoms with E-state index in [0.717, 1.165) is 11.3 Å². The molecule has 1 fully saturated rings. The molecule has 2 rings (SSSR count). The van der Waals surface area contributed by atoms with E-state index in [1.807, 2.05) is 31.2 Å². The molecular weight excluding hydrogens is 192 g/mol. The molecule has 3 nitrogen and oxygen atoms in total. The number of ether oxygens (including phenoxy) is 2. The van der Waals surface area contributed by atoms with Gasteiger partial charge in [-0.25, -0.2) is 0 Å². The number of carbonyl (C=O) groups excluding carboxylic acids is 1. The van der Waals surface area contributed by atoms with Gasteiger partial charge in [0.15, 0.2) is 0 Å². The molecule has 0 saturated carbocycles. The Bertz CT molecular complexity index is 356.